The number of carbonyl (C=O) groups excluding carboxylic acids is 1. The standard InChI is InChI=1S/C14H22O3/c1-9(2)11-7-6-10(3)13(16)14(11,4)8-12(15)17-5/h6,11,13,16H,1,7-8H2,2-5H3/t11-,13-,14-/m0/s1. The van der Waals surface area contributed by atoms with Crippen molar-refractivity contribution in [3.8, 4) is 0 Å². The zero-order valence-corrected chi connectivity index (χ0v) is 11.1. The molecule has 0 amide bonds. The molecule has 1 rings (SSSR count). The number of hydrogen-bond acceptors (Lipinski definition) is 3. The fourth-order valence-corrected chi connectivity index (χ4v) is 2.76. The average Bonchev–Trinajstić information content (AvgIpc) is 2.25. The van der Waals surface area contributed by atoms with E-state index in [9.17, 15) is 9.90 Å². The molecule has 0 saturated carbocycles. The fraction of sp³-hybridized carbons (Fsp3) is 0.643. The van der Waals surface area contributed by atoms with Gasteiger partial charge in [0, 0.05) is 5.41 Å². The van der Waals surface area contributed by atoms with Crippen LogP contribution in [0.2, 0.25) is 0 Å². The molecule has 0 fully saturated rings. The lowest BCUT2D eigenvalue weighted by molar-refractivity contribution is -0.146. The first-order valence-corrected chi connectivity index (χ1v) is 5.90. The van der Waals surface area contributed by atoms with Crippen LogP contribution in [0.4, 0.5) is 0 Å². The summed E-state index contributed by atoms with van der Waals surface area (Å²) in [5, 5.41) is 10.3. The summed E-state index contributed by atoms with van der Waals surface area (Å²) in [7, 11) is 1.37. The summed E-state index contributed by atoms with van der Waals surface area (Å²) in [6, 6.07) is 0. The van der Waals surface area contributed by atoms with Crippen molar-refractivity contribution in [2.75, 3.05) is 7.11 Å². The molecule has 1 aliphatic carbocycles. The molecule has 0 heterocycles. The number of allylic oxidation sites excluding steroid dienone is 2. The Hall–Kier alpha value is -1.09. The van der Waals surface area contributed by atoms with E-state index < -0.39 is 11.5 Å². The SMILES string of the molecule is C=C(C)[C@@H]1CC=C(C)[C@H](O)[C@@]1(C)CC(=O)OC. The zero-order chi connectivity index (χ0) is 13.2. The first kappa shape index (κ1) is 14.0. The van der Waals surface area contributed by atoms with Gasteiger partial charge in [-0.3, -0.25) is 4.79 Å². The number of methoxy groups -OCH3 is 1. The Balaban J connectivity index is 3.07. The summed E-state index contributed by atoms with van der Waals surface area (Å²) in [5.74, 6) is -0.173. The highest BCUT2D eigenvalue weighted by Crippen LogP contribution is 2.46. The first-order valence-electron chi connectivity index (χ1n) is 5.90. The molecule has 0 aromatic carbocycles. The number of esters is 1. The minimum absolute atomic E-state index is 0.111. The highest BCUT2D eigenvalue weighted by molar-refractivity contribution is 5.70. The average molecular weight is 238 g/mol. The molecule has 0 aromatic heterocycles. The van der Waals surface area contributed by atoms with Crippen molar-refractivity contribution in [3.05, 3.63) is 23.8 Å². The number of aliphatic hydroxyl groups is 1. The predicted octanol–water partition coefficient (Wildman–Crippen LogP) is 2.46. The molecule has 0 unspecified atom stereocenters. The molecule has 17 heavy (non-hydrogen) atoms. The Morgan fingerprint density at radius 1 is 1.71 bits per heavy atom. The molecule has 0 aliphatic heterocycles. The molecule has 0 aromatic rings. The second kappa shape index (κ2) is 5.05. The number of aliphatic hydroxyl groups excluding tert-OH is 1. The van der Waals surface area contributed by atoms with E-state index in [2.05, 4.69) is 6.58 Å². The summed E-state index contributed by atoms with van der Waals surface area (Å²) >= 11 is 0. The molecule has 0 bridgehead atoms. The maximum atomic E-state index is 11.5. The van der Waals surface area contributed by atoms with Crippen LogP contribution in [0.1, 0.15) is 33.6 Å². The number of carbonyl (C=O) groups is 1. The van der Waals surface area contributed by atoms with Gasteiger partial charge in [0.25, 0.3) is 0 Å². The van der Waals surface area contributed by atoms with Crippen LogP contribution < -0.4 is 0 Å². The van der Waals surface area contributed by atoms with Crippen molar-refractivity contribution in [2.45, 2.75) is 39.7 Å². The van der Waals surface area contributed by atoms with Crippen LogP contribution in [-0.4, -0.2) is 24.3 Å². The number of rotatable bonds is 3. The topological polar surface area (TPSA) is 46.5 Å². The van der Waals surface area contributed by atoms with Gasteiger partial charge < -0.3 is 9.84 Å². The fourth-order valence-electron chi connectivity index (χ4n) is 2.76. The maximum absolute atomic E-state index is 11.5. The molecule has 0 radical (unpaired) electrons. The monoisotopic (exact) mass is 238 g/mol. The molecule has 0 saturated heterocycles. The molecule has 3 heteroatoms. The van der Waals surface area contributed by atoms with Gasteiger partial charge in [0.05, 0.1) is 19.6 Å². The van der Waals surface area contributed by atoms with E-state index in [0.717, 1.165) is 17.6 Å². The van der Waals surface area contributed by atoms with Crippen LogP contribution in [0.5, 0.6) is 0 Å². The minimum Gasteiger partial charge on any atom is -0.469 e. The Morgan fingerprint density at radius 3 is 2.76 bits per heavy atom. The van der Waals surface area contributed by atoms with Gasteiger partial charge in [-0.1, -0.05) is 25.2 Å². The molecule has 96 valence electrons. The zero-order valence-electron chi connectivity index (χ0n) is 11.1. The lowest BCUT2D eigenvalue weighted by Gasteiger charge is -2.44. The van der Waals surface area contributed by atoms with Gasteiger partial charge in [-0.2, -0.15) is 0 Å². The van der Waals surface area contributed by atoms with Crippen molar-refractivity contribution >= 4 is 5.97 Å². The normalized spacial score (nSPS) is 32.9. The van der Waals surface area contributed by atoms with E-state index >= 15 is 0 Å². The third kappa shape index (κ3) is 2.60. The lowest BCUT2D eigenvalue weighted by Crippen LogP contribution is -2.44. The highest BCUT2D eigenvalue weighted by Gasteiger charge is 2.45. The Labute approximate surface area is 103 Å². The summed E-state index contributed by atoms with van der Waals surface area (Å²) in [5.41, 5.74) is 1.41. The quantitative estimate of drug-likeness (QED) is 0.607. The number of hydrogen-bond donors (Lipinski definition) is 1. The van der Waals surface area contributed by atoms with Crippen molar-refractivity contribution in [2.24, 2.45) is 11.3 Å². The van der Waals surface area contributed by atoms with Gasteiger partial charge in [-0.05, 0) is 31.8 Å². The van der Waals surface area contributed by atoms with Crippen LogP contribution >= 0.6 is 0 Å². The van der Waals surface area contributed by atoms with Gasteiger partial charge in [-0.25, -0.2) is 0 Å². The van der Waals surface area contributed by atoms with Crippen molar-refractivity contribution in [1.82, 2.24) is 0 Å². The smallest absolute Gasteiger partial charge is 0.306 e. The Morgan fingerprint density at radius 2 is 2.29 bits per heavy atom. The molecule has 3 nitrogen and oxygen atoms in total. The Kier molecular flexibility index (Phi) is 4.15. The molecular weight excluding hydrogens is 216 g/mol. The third-order valence-corrected chi connectivity index (χ3v) is 3.88. The van der Waals surface area contributed by atoms with E-state index in [1.165, 1.54) is 7.11 Å². The van der Waals surface area contributed by atoms with E-state index in [4.69, 9.17) is 4.74 Å². The molecule has 0 spiro atoms. The van der Waals surface area contributed by atoms with Crippen LogP contribution in [0.25, 0.3) is 0 Å². The van der Waals surface area contributed by atoms with E-state index in [1.807, 2.05) is 26.8 Å². The van der Waals surface area contributed by atoms with Gasteiger partial charge in [0.15, 0.2) is 0 Å². The van der Waals surface area contributed by atoms with Crippen molar-refractivity contribution in [1.29, 1.82) is 0 Å². The Bertz CT molecular complexity index is 356. The van der Waals surface area contributed by atoms with Crippen molar-refractivity contribution < 1.29 is 14.6 Å². The van der Waals surface area contributed by atoms with Crippen LogP contribution in [0.15, 0.2) is 23.8 Å². The highest BCUT2D eigenvalue weighted by atomic mass is 16.5. The minimum atomic E-state index is -0.614. The van der Waals surface area contributed by atoms with Gasteiger partial charge >= 0.3 is 5.97 Å². The summed E-state index contributed by atoms with van der Waals surface area (Å²) < 4.78 is 4.73. The summed E-state index contributed by atoms with van der Waals surface area (Å²) in [4.78, 5) is 11.5. The van der Waals surface area contributed by atoms with Crippen LogP contribution in [0, 0.1) is 11.3 Å². The van der Waals surface area contributed by atoms with E-state index in [-0.39, 0.29) is 18.3 Å². The van der Waals surface area contributed by atoms with E-state index in [1.54, 1.807) is 0 Å². The third-order valence-electron chi connectivity index (χ3n) is 3.88. The second-order valence-corrected chi connectivity index (χ2v) is 5.24. The lowest BCUT2D eigenvalue weighted by atomic mass is 9.62. The van der Waals surface area contributed by atoms with Crippen molar-refractivity contribution in [3.63, 3.8) is 0 Å². The van der Waals surface area contributed by atoms with Crippen LogP contribution in [-0.2, 0) is 9.53 Å². The predicted molar refractivity (Wildman–Crippen MR) is 67.4 cm³/mol. The molecule has 1 N–H and O–H groups in total. The van der Waals surface area contributed by atoms with Gasteiger partial charge in [0.1, 0.15) is 0 Å². The van der Waals surface area contributed by atoms with Gasteiger partial charge in [0.2, 0.25) is 0 Å². The molecule has 1 aliphatic rings. The molecular formula is C14H22O3. The van der Waals surface area contributed by atoms with Crippen LogP contribution in [0.3, 0.4) is 0 Å². The van der Waals surface area contributed by atoms with Gasteiger partial charge in [-0.15, -0.1) is 0 Å². The largest absolute Gasteiger partial charge is 0.469 e. The number of ether oxygens (including phenoxy) is 1. The summed E-state index contributed by atoms with van der Waals surface area (Å²) in [6.45, 7) is 9.75. The molecule has 3 atom stereocenters. The maximum Gasteiger partial charge on any atom is 0.306 e. The second-order valence-electron chi connectivity index (χ2n) is 5.24. The summed E-state index contributed by atoms with van der Waals surface area (Å²) in [6.07, 6.45) is 2.46. The first-order chi connectivity index (χ1) is 7.82. The van der Waals surface area contributed by atoms with E-state index in [0.29, 0.717) is 0 Å².